The molecule has 0 amide bonds. The van der Waals surface area contributed by atoms with E-state index in [1.165, 1.54) is 5.69 Å². The van der Waals surface area contributed by atoms with Crippen molar-refractivity contribution in [2.24, 2.45) is 11.8 Å². The van der Waals surface area contributed by atoms with E-state index in [0.29, 0.717) is 11.8 Å². The first-order valence-electron chi connectivity index (χ1n) is 8.09. The smallest absolute Gasteiger partial charge is 0.177 e. The van der Waals surface area contributed by atoms with Crippen LogP contribution in [0.15, 0.2) is 48.8 Å². The van der Waals surface area contributed by atoms with Gasteiger partial charge in [0.15, 0.2) is 5.65 Å². The molecule has 2 atom stereocenters. The first-order chi connectivity index (χ1) is 11.4. The molecule has 4 heterocycles. The number of aromatic nitrogens is 4. The fourth-order valence-corrected chi connectivity index (χ4v) is 3.92. The average molecular weight is 306 g/mol. The minimum absolute atomic E-state index is 0.716. The summed E-state index contributed by atoms with van der Waals surface area (Å²) in [5.74, 6) is 2.46. The molecular weight excluding hydrogens is 288 g/mol. The van der Waals surface area contributed by atoms with Crippen LogP contribution in [0.5, 0.6) is 0 Å². The molecule has 2 aliphatic heterocycles. The van der Waals surface area contributed by atoms with Crippen molar-refractivity contribution in [1.29, 1.82) is 0 Å². The zero-order valence-electron chi connectivity index (χ0n) is 12.8. The highest BCUT2D eigenvalue weighted by Crippen LogP contribution is 2.35. The zero-order valence-corrected chi connectivity index (χ0v) is 12.8. The maximum absolute atomic E-state index is 4.63. The normalized spacial score (nSPS) is 23.7. The molecular formula is C17H18N6. The number of hydrogen-bond acceptors (Lipinski definition) is 5. The monoisotopic (exact) mass is 306 g/mol. The summed E-state index contributed by atoms with van der Waals surface area (Å²) >= 11 is 0. The summed E-state index contributed by atoms with van der Waals surface area (Å²) in [5, 5.41) is 12.5. The van der Waals surface area contributed by atoms with Crippen molar-refractivity contribution in [1.82, 2.24) is 19.8 Å². The van der Waals surface area contributed by atoms with Gasteiger partial charge in [0.1, 0.15) is 12.1 Å². The zero-order chi connectivity index (χ0) is 15.2. The van der Waals surface area contributed by atoms with Crippen LogP contribution in [0.1, 0.15) is 0 Å². The Morgan fingerprint density at radius 2 is 1.57 bits per heavy atom. The highest BCUT2D eigenvalue weighted by molar-refractivity contribution is 5.50. The summed E-state index contributed by atoms with van der Waals surface area (Å²) in [4.78, 5) is 4.92. The molecule has 2 aliphatic rings. The maximum atomic E-state index is 4.63. The van der Waals surface area contributed by atoms with E-state index in [1.54, 1.807) is 10.8 Å². The van der Waals surface area contributed by atoms with Gasteiger partial charge in [-0.3, -0.25) is 0 Å². The van der Waals surface area contributed by atoms with Crippen molar-refractivity contribution >= 4 is 17.2 Å². The van der Waals surface area contributed by atoms with E-state index >= 15 is 0 Å². The molecule has 6 nitrogen and oxygen atoms in total. The van der Waals surface area contributed by atoms with Crippen LogP contribution >= 0.6 is 0 Å². The molecule has 0 radical (unpaired) electrons. The summed E-state index contributed by atoms with van der Waals surface area (Å²) in [5.41, 5.74) is 2.14. The average Bonchev–Trinajstić information content (AvgIpc) is 3.28. The van der Waals surface area contributed by atoms with Gasteiger partial charge in [-0.05, 0) is 24.3 Å². The Labute approximate surface area is 134 Å². The standard InChI is InChI=1S/C17H18N6/c1-2-4-15(5-3-1)21-8-13-10-22(11-14(13)9-21)17-7-6-16-19-18-12-23(16)20-17/h1-7,12-14H,8-11H2. The Balaban J connectivity index is 1.33. The van der Waals surface area contributed by atoms with Crippen LogP contribution in [-0.4, -0.2) is 46.0 Å². The second kappa shape index (κ2) is 4.94. The van der Waals surface area contributed by atoms with E-state index in [1.807, 2.05) is 6.07 Å². The molecule has 1 aromatic carbocycles. The number of anilines is 2. The molecule has 116 valence electrons. The second-order valence-corrected chi connectivity index (χ2v) is 6.49. The molecule has 0 bridgehead atoms. The van der Waals surface area contributed by atoms with Gasteiger partial charge in [0.05, 0.1) is 0 Å². The number of benzene rings is 1. The molecule has 0 aliphatic carbocycles. The van der Waals surface area contributed by atoms with E-state index in [4.69, 9.17) is 0 Å². The summed E-state index contributed by atoms with van der Waals surface area (Å²) in [6.07, 6.45) is 1.66. The largest absolute Gasteiger partial charge is 0.371 e. The molecule has 6 heteroatoms. The molecule has 0 spiro atoms. The molecule has 0 saturated carbocycles. The van der Waals surface area contributed by atoms with Gasteiger partial charge in [-0.2, -0.15) is 4.52 Å². The Kier molecular flexibility index (Phi) is 2.76. The Morgan fingerprint density at radius 1 is 0.826 bits per heavy atom. The van der Waals surface area contributed by atoms with Crippen molar-refractivity contribution < 1.29 is 0 Å². The van der Waals surface area contributed by atoms with Crippen LogP contribution in [0.25, 0.3) is 5.65 Å². The number of para-hydroxylation sites is 1. The minimum Gasteiger partial charge on any atom is -0.371 e. The third kappa shape index (κ3) is 2.13. The predicted molar refractivity (Wildman–Crippen MR) is 88.6 cm³/mol. The van der Waals surface area contributed by atoms with Crippen LogP contribution in [0.2, 0.25) is 0 Å². The van der Waals surface area contributed by atoms with Crippen molar-refractivity contribution in [2.45, 2.75) is 0 Å². The SMILES string of the molecule is c1ccc(N2CC3CN(c4ccc5nncn5n4)CC3C2)cc1. The lowest BCUT2D eigenvalue weighted by atomic mass is 10.0. The van der Waals surface area contributed by atoms with Gasteiger partial charge in [-0.1, -0.05) is 18.2 Å². The molecule has 2 fully saturated rings. The summed E-state index contributed by atoms with van der Waals surface area (Å²) in [6, 6.07) is 14.8. The third-order valence-corrected chi connectivity index (χ3v) is 5.08. The minimum atomic E-state index is 0.716. The lowest BCUT2D eigenvalue weighted by molar-refractivity contribution is 0.533. The van der Waals surface area contributed by atoms with Crippen LogP contribution < -0.4 is 9.80 Å². The van der Waals surface area contributed by atoms with Crippen LogP contribution in [0.4, 0.5) is 11.5 Å². The van der Waals surface area contributed by atoms with Crippen molar-refractivity contribution in [2.75, 3.05) is 36.0 Å². The number of hydrogen-bond donors (Lipinski definition) is 0. The molecule has 2 saturated heterocycles. The van der Waals surface area contributed by atoms with Gasteiger partial charge >= 0.3 is 0 Å². The first kappa shape index (κ1) is 12.9. The second-order valence-electron chi connectivity index (χ2n) is 6.49. The van der Waals surface area contributed by atoms with E-state index < -0.39 is 0 Å². The first-order valence-corrected chi connectivity index (χ1v) is 8.09. The van der Waals surface area contributed by atoms with Gasteiger partial charge in [-0.15, -0.1) is 15.3 Å². The van der Waals surface area contributed by atoms with Crippen molar-refractivity contribution in [3.8, 4) is 0 Å². The van der Waals surface area contributed by atoms with E-state index in [9.17, 15) is 0 Å². The van der Waals surface area contributed by atoms with E-state index in [2.05, 4.69) is 61.5 Å². The van der Waals surface area contributed by atoms with Crippen molar-refractivity contribution in [3.63, 3.8) is 0 Å². The predicted octanol–water partition coefficient (Wildman–Crippen LogP) is 1.70. The van der Waals surface area contributed by atoms with Gasteiger partial charge in [0.25, 0.3) is 0 Å². The van der Waals surface area contributed by atoms with Gasteiger partial charge in [0, 0.05) is 43.7 Å². The molecule has 5 rings (SSSR count). The lowest BCUT2D eigenvalue weighted by Crippen LogP contribution is -2.29. The fraction of sp³-hybridized carbons (Fsp3) is 0.353. The van der Waals surface area contributed by atoms with Crippen molar-refractivity contribution in [3.05, 3.63) is 48.8 Å². The summed E-state index contributed by atoms with van der Waals surface area (Å²) < 4.78 is 1.75. The molecule has 0 N–H and O–H groups in total. The van der Waals surface area contributed by atoms with E-state index in [0.717, 1.165) is 37.6 Å². The molecule has 2 unspecified atom stereocenters. The van der Waals surface area contributed by atoms with E-state index in [-0.39, 0.29) is 0 Å². The molecule has 3 aromatic rings. The summed E-state index contributed by atoms with van der Waals surface area (Å²) in [6.45, 7) is 4.43. The number of fused-ring (bicyclic) bond motifs is 2. The quantitative estimate of drug-likeness (QED) is 0.721. The van der Waals surface area contributed by atoms with Gasteiger partial charge in [-0.25, -0.2) is 0 Å². The fourth-order valence-electron chi connectivity index (χ4n) is 3.92. The highest BCUT2D eigenvalue weighted by atomic mass is 15.4. The molecule has 2 aromatic heterocycles. The Morgan fingerprint density at radius 3 is 2.35 bits per heavy atom. The lowest BCUT2D eigenvalue weighted by Gasteiger charge is -2.23. The van der Waals surface area contributed by atoms with Crippen LogP contribution in [0.3, 0.4) is 0 Å². The molecule has 23 heavy (non-hydrogen) atoms. The maximum Gasteiger partial charge on any atom is 0.177 e. The van der Waals surface area contributed by atoms with Gasteiger partial charge in [0.2, 0.25) is 0 Å². The van der Waals surface area contributed by atoms with Crippen LogP contribution in [0, 0.1) is 11.8 Å². The topological polar surface area (TPSA) is 49.6 Å². The summed E-state index contributed by atoms with van der Waals surface area (Å²) in [7, 11) is 0. The number of nitrogens with zero attached hydrogens (tertiary/aromatic N) is 6. The Bertz CT molecular complexity index is 815. The Hall–Kier alpha value is -2.63. The highest BCUT2D eigenvalue weighted by Gasteiger charge is 2.40. The van der Waals surface area contributed by atoms with Gasteiger partial charge < -0.3 is 9.80 Å². The van der Waals surface area contributed by atoms with Crippen LogP contribution in [-0.2, 0) is 0 Å². The number of rotatable bonds is 2. The third-order valence-electron chi connectivity index (χ3n) is 5.08.